The van der Waals surface area contributed by atoms with E-state index in [1.807, 2.05) is 35.0 Å². The van der Waals surface area contributed by atoms with Crippen molar-refractivity contribution in [2.45, 2.75) is 31.7 Å². The number of amides is 1. The molecule has 1 aliphatic rings. The molecule has 2 N–H and O–H groups in total. The Hall–Kier alpha value is -4.89. The Kier molecular flexibility index (Phi) is 7.42. The van der Waals surface area contributed by atoms with Gasteiger partial charge in [-0.05, 0) is 49.4 Å². The van der Waals surface area contributed by atoms with E-state index in [1.54, 1.807) is 30.7 Å². The third-order valence-electron chi connectivity index (χ3n) is 6.29. The third kappa shape index (κ3) is 5.83. The highest BCUT2D eigenvalue weighted by molar-refractivity contribution is 5.80. The van der Waals surface area contributed by atoms with E-state index in [0.29, 0.717) is 17.3 Å². The molecular formula is C27H25FN8O3. The summed E-state index contributed by atoms with van der Waals surface area (Å²) in [7, 11) is 0. The van der Waals surface area contributed by atoms with Crippen LogP contribution in [0.3, 0.4) is 0 Å². The number of carbonyl (C=O) groups is 1. The zero-order chi connectivity index (χ0) is 27.4. The number of aliphatic hydroxyl groups excluding tert-OH is 1. The average Bonchev–Trinajstić information content (AvgIpc) is 3.49. The third-order valence-corrected chi connectivity index (χ3v) is 6.29. The highest BCUT2D eigenvalue weighted by atomic mass is 19.1. The van der Waals surface area contributed by atoms with E-state index in [1.165, 1.54) is 18.2 Å². The van der Waals surface area contributed by atoms with Crippen molar-refractivity contribution in [1.29, 1.82) is 5.26 Å². The van der Waals surface area contributed by atoms with Gasteiger partial charge < -0.3 is 24.6 Å². The van der Waals surface area contributed by atoms with Crippen LogP contribution in [0.4, 0.5) is 16.0 Å². The standard InChI is InChI=1S/C27H25FN8O3/c1-17(37)26(38)35-10-8-24(22(28)14-35)39-23-7-2-18(12-19(23)13-29)25-31-15-32-27(34-25)33-20-3-5-21(6-4-20)36-11-9-30-16-36/h2-7,9,11-12,15-17,22,24,37H,8,10,14H2,1H3,(H,31,32,33,34)/t17?,22-,24+/m1/s1. The summed E-state index contributed by atoms with van der Waals surface area (Å²) in [6.07, 6.45) is 3.41. The Morgan fingerprint density at radius 3 is 2.77 bits per heavy atom. The van der Waals surface area contributed by atoms with Crippen molar-refractivity contribution in [2.75, 3.05) is 18.4 Å². The minimum Gasteiger partial charge on any atom is -0.486 e. The van der Waals surface area contributed by atoms with Crippen LogP contribution in [-0.2, 0) is 4.79 Å². The first-order valence-electron chi connectivity index (χ1n) is 12.3. The summed E-state index contributed by atoms with van der Waals surface area (Å²) in [5.74, 6) is 0.386. The number of alkyl halides is 1. The molecule has 2 aromatic heterocycles. The number of likely N-dealkylation sites (tertiary alicyclic amines) is 1. The van der Waals surface area contributed by atoms with Crippen molar-refractivity contribution >= 4 is 17.5 Å². The maximum atomic E-state index is 14.8. The molecule has 0 radical (unpaired) electrons. The van der Waals surface area contributed by atoms with Crippen molar-refractivity contribution in [3.05, 3.63) is 73.1 Å². The number of hydrogen-bond donors (Lipinski definition) is 2. The van der Waals surface area contributed by atoms with Gasteiger partial charge in [-0.2, -0.15) is 10.2 Å². The van der Waals surface area contributed by atoms with Crippen molar-refractivity contribution in [3.8, 4) is 28.9 Å². The summed E-state index contributed by atoms with van der Waals surface area (Å²) in [4.78, 5) is 30.2. The van der Waals surface area contributed by atoms with Crippen molar-refractivity contribution < 1.29 is 19.0 Å². The number of aliphatic hydroxyl groups is 1. The molecule has 1 unspecified atom stereocenters. The number of benzene rings is 2. The van der Waals surface area contributed by atoms with E-state index < -0.39 is 24.3 Å². The van der Waals surface area contributed by atoms with Crippen molar-refractivity contribution in [2.24, 2.45) is 0 Å². The summed E-state index contributed by atoms with van der Waals surface area (Å²) < 4.78 is 22.5. The van der Waals surface area contributed by atoms with Gasteiger partial charge in [-0.3, -0.25) is 4.79 Å². The molecule has 198 valence electrons. The van der Waals surface area contributed by atoms with Crippen LogP contribution < -0.4 is 10.1 Å². The number of nitrogens with zero attached hydrogens (tertiary/aromatic N) is 7. The summed E-state index contributed by atoms with van der Waals surface area (Å²) in [5.41, 5.74) is 2.50. The first kappa shape index (κ1) is 25.7. The monoisotopic (exact) mass is 528 g/mol. The molecule has 1 fully saturated rings. The van der Waals surface area contributed by atoms with Gasteiger partial charge in [-0.1, -0.05) is 0 Å². The zero-order valence-corrected chi connectivity index (χ0v) is 21.0. The molecule has 5 rings (SSSR count). The quantitative estimate of drug-likeness (QED) is 0.370. The second-order valence-electron chi connectivity index (χ2n) is 9.02. The fourth-order valence-corrected chi connectivity index (χ4v) is 4.26. The average molecular weight is 529 g/mol. The molecule has 39 heavy (non-hydrogen) atoms. The summed E-state index contributed by atoms with van der Waals surface area (Å²) in [6.45, 7) is 1.42. The van der Waals surface area contributed by atoms with Crippen LogP contribution in [-0.4, -0.2) is 71.9 Å². The van der Waals surface area contributed by atoms with Gasteiger partial charge in [-0.25, -0.2) is 19.3 Å². The smallest absolute Gasteiger partial charge is 0.251 e. The second kappa shape index (κ2) is 11.2. The van der Waals surface area contributed by atoms with Crippen LogP contribution >= 0.6 is 0 Å². The molecule has 1 amide bonds. The van der Waals surface area contributed by atoms with Crippen LogP contribution in [0.1, 0.15) is 18.9 Å². The van der Waals surface area contributed by atoms with Crippen molar-refractivity contribution in [1.82, 2.24) is 29.4 Å². The van der Waals surface area contributed by atoms with Crippen molar-refractivity contribution in [3.63, 3.8) is 0 Å². The molecule has 0 bridgehead atoms. The van der Waals surface area contributed by atoms with Crippen LogP contribution in [0, 0.1) is 11.3 Å². The van der Waals surface area contributed by atoms with Crippen LogP contribution in [0.5, 0.6) is 5.75 Å². The highest BCUT2D eigenvalue weighted by Crippen LogP contribution is 2.28. The summed E-state index contributed by atoms with van der Waals surface area (Å²) >= 11 is 0. The van der Waals surface area contributed by atoms with Crippen LogP contribution in [0.15, 0.2) is 67.5 Å². The lowest BCUT2D eigenvalue weighted by Gasteiger charge is -2.35. The van der Waals surface area contributed by atoms with Crippen LogP contribution in [0.2, 0.25) is 0 Å². The highest BCUT2D eigenvalue weighted by Gasteiger charge is 2.34. The fourth-order valence-electron chi connectivity index (χ4n) is 4.26. The Morgan fingerprint density at radius 1 is 1.26 bits per heavy atom. The normalized spacial score (nSPS) is 17.7. The number of hydrogen-bond acceptors (Lipinski definition) is 9. The van der Waals surface area contributed by atoms with E-state index in [9.17, 15) is 19.6 Å². The van der Waals surface area contributed by atoms with Gasteiger partial charge in [0.1, 0.15) is 30.4 Å². The molecule has 2 aromatic carbocycles. The minimum atomic E-state index is -1.46. The predicted octanol–water partition coefficient (Wildman–Crippen LogP) is 3.04. The summed E-state index contributed by atoms with van der Waals surface area (Å²) in [6, 6.07) is 14.6. The SMILES string of the molecule is CC(O)C(=O)N1CC[C@H](Oc2ccc(-c3ncnc(Nc4ccc(-n5ccnc5)cc4)n3)cc2C#N)[C@H](F)C1. The number of ether oxygens (including phenoxy) is 1. The number of anilines is 2. The molecule has 11 nitrogen and oxygen atoms in total. The maximum Gasteiger partial charge on any atom is 0.251 e. The number of nitriles is 1. The molecule has 0 saturated carbocycles. The number of halogens is 1. The van der Waals surface area contributed by atoms with Gasteiger partial charge in [0.2, 0.25) is 5.95 Å². The first-order valence-corrected chi connectivity index (χ1v) is 12.3. The molecule has 3 atom stereocenters. The lowest BCUT2D eigenvalue weighted by molar-refractivity contribution is -0.143. The molecule has 1 aliphatic heterocycles. The molecule has 1 saturated heterocycles. The predicted molar refractivity (Wildman–Crippen MR) is 139 cm³/mol. The molecule has 0 spiro atoms. The number of rotatable bonds is 7. The Balaban J connectivity index is 1.27. The van der Waals surface area contributed by atoms with Gasteiger partial charge in [0, 0.05) is 42.3 Å². The fraction of sp³-hybridized carbons (Fsp3) is 0.259. The van der Waals surface area contributed by atoms with Crippen LogP contribution in [0.25, 0.3) is 17.1 Å². The molecule has 12 heteroatoms. The van der Waals surface area contributed by atoms with Gasteiger partial charge in [0.25, 0.3) is 5.91 Å². The van der Waals surface area contributed by atoms with E-state index in [0.717, 1.165) is 11.4 Å². The number of aromatic nitrogens is 5. The van der Waals surface area contributed by atoms with Gasteiger partial charge in [0.05, 0.1) is 18.4 Å². The first-order chi connectivity index (χ1) is 18.9. The van der Waals surface area contributed by atoms with E-state index in [4.69, 9.17) is 4.74 Å². The zero-order valence-electron chi connectivity index (χ0n) is 21.0. The van der Waals surface area contributed by atoms with Gasteiger partial charge in [-0.15, -0.1) is 0 Å². The number of carbonyl (C=O) groups excluding carboxylic acids is 1. The minimum absolute atomic E-state index is 0.179. The molecular weight excluding hydrogens is 503 g/mol. The largest absolute Gasteiger partial charge is 0.486 e. The van der Waals surface area contributed by atoms with Gasteiger partial charge >= 0.3 is 0 Å². The number of nitrogens with one attached hydrogen (secondary N) is 1. The van der Waals surface area contributed by atoms with Gasteiger partial charge in [0.15, 0.2) is 12.0 Å². The topological polar surface area (TPSA) is 142 Å². The van der Waals surface area contributed by atoms with E-state index >= 15 is 0 Å². The number of piperidine rings is 1. The Bertz CT molecular complexity index is 1490. The molecule has 3 heterocycles. The lowest BCUT2D eigenvalue weighted by Crippen LogP contribution is -2.51. The number of imidazole rings is 1. The Morgan fingerprint density at radius 2 is 2.08 bits per heavy atom. The van der Waals surface area contributed by atoms with E-state index in [-0.39, 0.29) is 30.8 Å². The Labute approximate surface area is 223 Å². The maximum absolute atomic E-state index is 14.8. The molecule has 0 aliphatic carbocycles. The van der Waals surface area contributed by atoms with E-state index in [2.05, 4.69) is 31.3 Å². The summed E-state index contributed by atoms with van der Waals surface area (Å²) in [5, 5.41) is 22.3. The molecule has 4 aromatic rings. The second-order valence-corrected chi connectivity index (χ2v) is 9.02. The lowest BCUT2D eigenvalue weighted by atomic mass is 10.0.